The van der Waals surface area contributed by atoms with Crippen LogP contribution in [0.4, 0.5) is 5.13 Å². The van der Waals surface area contributed by atoms with E-state index in [-0.39, 0.29) is 19.1 Å². The van der Waals surface area contributed by atoms with E-state index in [1.54, 1.807) is 5.38 Å². The summed E-state index contributed by atoms with van der Waals surface area (Å²) in [6.45, 7) is 7.42. The van der Waals surface area contributed by atoms with Gasteiger partial charge in [0.2, 0.25) is 5.91 Å². The van der Waals surface area contributed by atoms with Gasteiger partial charge in [-0.15, -0.1) is 11.3 Å². The zero-order valence-corrected chi connectivity index (χ0v) is 15.6. The predicted molar refractivity (Wildman–Crippen MR) is 97.0 cm³/mol. The summed E-state index contributed by atoms with van der Waals surface area (Å²) in [6.07, 6.45) is 0. The van der Waals surface area contributed by atoms with Gasteiger partial charge in [-0.3, -0.25) is 4.79 Å². The van der Waals surface area contributed by atoms with Gasteiger partial charge >= 0.3 is 5.97 Å². The summed E-state index contributed by atoms with van der Waals surface area (Å²) in [7, 11) is 0. The summed E-state index contributed by atoms with van der Waals surface area (Å²) in [5, 5.41) is 4.80. The van der Waals surface area contributed by atoms with Gasteiger partial charge < -0.3 is 14.8 Å². The highest BCUT2D eigenvalue weighted by Gasteiger charge is 2.12. The Labute approximate surface area is 151 Å². The number of esters is 1. The van der Waals surface area contributed by atoms with Crippen LogP contribution in [0.5, 0.6) is 5.75 Å². The molecule has 1 N–H and O–H groups in total. The minimum atomic E-state index is -0.467. The highest BCUT2D eigenvalue weighted by molar-refractivity contribution is 7.13. The topological polar surface area (TPSA) is 77.5 Å². The fourth-order valence-corrected chi connectivity index (χ4v) is 2.90. The van der Waals surface area contributed by atoms with Gasteiger partial charge in [0.25, 0.3) is 0 Å². The number of amides is 1. The lowest BCUT2D eigenvalue weighted by Crippen LogP contribution is -2.15. The molecule has 0 radical (unpaired) electrons. The maximum absolute atomic E-state index is 11.9. The Morgan fingerprint density at radius 3 is 2.76 bits per heavy atom. The van der Waals surface area contributed by atoms with Crippen LogP contribution in [0, 0.1) is 6.92 Å². The number of thiazole rings is 1. The molecule has 134 valence electrons. The number of aryl methyl sites for hydroxylation is 1. The molecule has 2 aromatic rings. The van der Waals surface area contributed by atoms with E-state index >= 15 is 0 Å². The maximum atomic E-state index is 11.9. The van der Waals surface area contributed by atoms with Crippen LogP contribution in [0.25, 0.3) is 0 Å². The molecule has 1 amide bonds. The molecular formula is C18H22N2O4S. The summed E-state index contributed by atoms with van der Waals surface area (Å²) in [4.78, 5) is 27.0. The largest absolute Gasteiger partial charge is 0.482 e. The van der Waals surface area contributed by atoms with E-state index in [2.05, 4.69) is 24.1 Å². The van der Waals surface area contributed by atoms with Crippen molar-refractivity contribution in [2.75, 3.05) is 11.9 Å². The van der Waals surface area contributed by atoms with Crippen LogP contribution in [0.3, 0.4) is 0 Å². The van der Waals surface area contributed by atoms with Crippen molar-refractivity contribution in [3.8, 4) is 5.75 Å². The van der Waals surface area contributed by atoms with Gasteiger partial charge in [-0.2, -0.15) is 0 Å². The number of hydrogen-bond acceptors (Lipinski definition) is 6. The standard InChI is InChI=1S/C18H22N2O4S/c1-11(2)15-6-5-12(3)7-16(15)23-9-17(22)24-8-14-10-25-18(20-14)19-13(4)21/h5-7,10-11H,8-9H2,1-4H3,(H,19,20,21). The average Bonchev–Trinajstić information content (AvgIpc) is 2.97. The first-order valence-electron chi connectivity index (χ1n) is 7.96. The predicted octanol–water partition coefficient (Wildman–Crippen LogP) is 3.66. The van der Waals surface area contributed by atoms with Gasteiger partial charge in [0, 0.05) is 12.3 Å². The molecule has 1 aromatic heterocycles. The van der Waals surface area contributed by atoms with Gasteiger partial charge in [0.05, 0.1) is 5.69 Å². The minimum absolute atomic E-state index is 0.0448. The van der Waals surface area contributed by atoms with Crippen molar-refractivity contribution in [1.29, 1.82) is 0 Å². The van der Waals surface area contributed by atoms with E-state index in [9.17, 15) is 9.59 Å². The Morgan fingerprint density at radius 1 is 1.32 bits per heavy atom. The van der Waals surface area contributed by atoms with E-state index in [4.69, 9.17) is 9.47 Å². The molecule has 0 aliphatic heterocycles. The molecule has 0 spiro atoms. The molecule has 2 rings (SSSR count). The van der Waals surface area contributed by atoms with E-state index < -0.39 is 5.97 Å². The number of nitrogens with one attached hydrogen (secondary N) is 1. The number of carbonyl (C=O) groups is 2. The highest BCUT2D eigenvalue weighted by Crippen LogP contribution is 2.27. The molecule has 0 saturated carbocycles. The Balaban J connectivity index is 1.86. The number of aromatic nitrogens is 1. The van der Waals surface area contributed by atoms with Crippen molar-refractivity contribution in [3.63, 3.8) is 0 Å². The van der Waals surface area contributed by atoms with Gasteiger partial charge in [-0.25, -0.2) is 9.78 Å². The van der Waals surface area contributed by atoms with E-state index in [1.807, 2.05) is 25.1 Å². The van der Waals surface area contributed by atoms with E-state index in [0.717, 1.165) is 11.1 Å². The third-order valence-electron chi connectivity index (χ3n) is 3.35. The van der Waals surface area contributed by atoms with Gasteiger partial charge in [-0.1, -0.05) is 26.0 Å². The molecule has 6 nitrogen and oxygen atoms in total. The number of hydrogen-bond donors (Lipinski definition) is 1. The SMILES string of the molecule is CC(=O)Nc1nc(COC(=O)COc2cc(C)ccc2C(C)C)cs1. The fraction of sp³-hybridized carbons (Fsp3) is 0.389. The first-order chi connectivity index (χ1) is 11.8. The molecule has 25 heavy (non-hydrogen) atoms. The van der Waals surface area contributed by atoms with Gasteiger partial charge in [0.1, 0.15) is 12.4 Å². The second-order valence-corrected chi connectivity index (χ2v) is 6.83. The van der Waals surface area contributed by atoms with Crippen molar-refractivity contribution in [2.24, 2.45) is 0 Å². The van der Waals surface area contributed by atoms with Crippen LogP contribution >= 0.6 is 11.3 Å². The summed E-state index contributed by atoms with van der Waals surface area (Å²) in [5.41, 5.74) is 2.71. The van der Waals surface area contributed by atoms with Crippen LogP contribution in [-0.2, 0) is 20.9 Å². The van der Waals surface area contributed by atoms with Crippen LogP contribution < -0.4 is 10.1 Å². The zero-order valence-electron chi connectivity index (χ0n) is 14.8. The molecule has 0 aliphatic carbocycles. The first kappa shape index (κ1) is 18.9. The Bertz CT molecular complexity index is 755. The van der Waals surface area contributed by atoms with Crippen LogP contribution in [0.2, 0.25) is 0 Å². The maximum Gasteiger partial charge on any atom is 0.344 e. The number of carbonyl (C=O) groups excluding carboxylic acids is 2. The third kappa shape index (κ3) is 5.86. The molecule has 1 aromatic carbocycles. The average molecular weight is 362 g/mol. The molecular weight excluding hydrogens is 340 g/mol. The van der Waals surface area contributed by atoms with Crippen LogP contribution in [0.15, 0.2) is 23.6 Å². The van der Waals surface area contributed by atoms with E-state index in [1.165, 1.54) is 18.3 Å². The number of ether oxygens (including phenoxy) is 2. The lowest BCUT2D eigenvalue weighted by Gasteiger charge is -2.14. The fourth-order valence-electron chi connectivity index (χ4n) is 2.16. The number of rotatable bonds is 7. The van der Waals surface area contributed by atoms with Crippen molar-refractivity contribution in [3.05, 3.63) is 40.4 Å². The molecule has 0 saturated heterocycles. The Morgan fingerprint density at radius 2 is 2.08 bits per heavy atom. The molecule has 1 heterocycles. The van der Waals surface area contributed by atoms with Crippen LogP contribution in [-0.4, -0.2) is 23.5 Å². The van der Waals surface area contributed by atoms with Crippen molar-refractivity contribution < 1.29 is 19.1 Å². The van der Waals surface area contributed by atoms with E-state index in [0.29, 0.717) is 22.5 Å². The monoisotopic (exact) mass is 362 g/mol. The molecule has 0 atom stereocenters. The number of anilines is 1. The highest BCUT2D eigenvalue weighted by atomic mass is 32.1. The second-order valence-electron chi connectivity index (χ2n) is 5.97. The van der Waals surface area contributed by atoms with Gasteiger partial charge in [0.15, 0.2) is 11.7 Å². The molecule has 7 heteroatoms. The zero-order chi connectivity index (χ0) is 18.4. The smallest absolute Gasteiger partial charge is 0.344 e. The lowest BCUT2D eigenvalue weighted by molar-refractivity contribution is -0.147. The minimum Gasteiger partial charge on any atom is -0.482 e. The molecule has 0 bridgehead atoms. The quantitative estimate of drug-likeness (QED) is 0.761. The normalized spacial score (nSPS) is 10.6. The molecule has 0 unspecified atom stereocenters. The summed E-state index contributed by atoms with van der Waals surface area (Å²) < 4.78 is 10.8. The van der Waals surface area contributed by atoms with Crippen molar-refractivity contribution in [2.45, 2.75) is 40.2 Å². The van der Waals surface area contributed by atoms with Crippen LogP contribution in [0.1, 0.15) is 43.5 Å². The molecule has 0 fully saturated rings. The third-order valence-corrected chi connectivity index (χ3v) is 4.16. The van der Waals surface area contributed by atoms with Gasteiger partial charge in [-0.05, 0) is 30.0 Å². The summed E-state index contributed by atoms with van der Waals surface area (Å²) in [6, 6.07) is 5.96. The lowest BCUT2D eigenvalue weighted by atomic mass is 10.0. The first-order valence-corrected chi connectivity index (χ1v) is 8.84. The summed E-state index contributed by atoms with van der Waals surface area (Å²) in [5.74, 6) is 0.345. The van der Waals surface area contributed by atoms with Crippen molar-refractivity contribution >= 4 is 28.3 Å². The van der Waals surface area contributed by atoms with Crippen molar-refractivity contribution in [1.82, 2.24) is 4.98 Å². The second kappa shape index (κ2) is 8.62. The number of nitrogens with zero attached hydrogens (tertiary/aromatic N) is 1. The Kier molecular flexibility index (Phi) is 6.52. The Hall–Kier alpha value is -2.41. The summed E-state index contributed by atoms with van der Waals surface area (Å²) >= 11 is 1.28. The molecule has 0 aliphatic rings. The number of benzene rings is 1.